The van der Waals surface area contributed by atoms with Crippen molar-refractivity contribution in [2.45, 2.75) is 26.2 Å². The number of nitrogens with zero attached hydrogens (tertiary/aromatic N) is 1. The maximum atomic E-state index is 11.9. The summed E-state index contributed by atoms with van der Waals surface area (Å²) in [7, 11) is 1.64. The first-order valence-corrected chi connectivity index (χ1v) is 9.43. The predicted octanol–water partition coefficient (Wildman–Crippen LogP) is 4.01. The van der Waals surface area contributed by atoms with Gasteiger partial charge in [0.25, 0.3) is 0 Å². The molecule has 3 aromatic rings. The van der Waals surface area contributed by atoms with Crippen molar-refractivity contribution in [3.8, 4) is 17.2 Å². The molecule has 0 aliphatic heterocycles. The summed E-state index contributed by atoms with van der Waals surface area (Å²) < 4.78 is 10.9. The molecule has 5 nitrogen and oxygen atoms in total. The molecule has 1 N–H and O–H groups in total. The average molecular weight is 370 g/mol. The van der Waals surface area contributed by atoms with E-state index in [0.29, 0.717) is 25.3 Å². The molecule has 0 aliphatic rings. The summed E-state index contributed by atoms with van der Waals surface area (Å²) in [5.41, 5.74) is 1.77. The number of rotatable bonds is 8. The zero-order valence-corrected chi connectivity index (χ0v) is 15.8. The van der Waals surface area contributed by atoms with E-state index < -0.39 is 0 Å². The SMILES string of the molecule is COc1ccc(-c2nc(CCNC(=O)CCc3cccs3)c(C)o2)cc1. The van der Waals surface area contributed by atoms with Gasteiger partial charge in [-0.25, -0.2) is 4.98 Å². The molecule has 2 heterocycles. The Labute approximate surface area is 157 Å². The Morgan fingerprint density at radius 3 is 2.73 bits per heavy atom. The Balaban J connectivity index is 1.50. The van der Waals surface area contributed by atoms with Gasteiger partial charge in [0.15, 0.2) is 0 Å². The zero-order chi connectivity index (χ0) is 18.4. The Morgan fingerprint density at radius 2 is 2.04 bits per heavy atom. The molecule has 26 heavy (non-hydrogen) atoms. The van der Waals surface area contributed by atoms with Crippen LogP contribution in [-0.4, -0.2) is 24.5 Å². The molecule has 0 spiro atoms. The number of ether oxygens (including phenoxy) is 1. The topological polar surface area (TPSA) is 64.4 Å². The summed E-state index contributed by atoms with van der Waals surface area (Å²) >= 11 is 1.68. The van der Waals surface area contributed by atoms with E-state index >= 15 is 0 Å². The highest BCUT2D eigenvalue weighted by molar-refractivity contribution is 7.09. The number of aryl methyl sites for hydroxylation is 2. The Bertz CT molecular complexity index is 839. The molecule has 2 aromatic heterocycles. The van der Waals surface area contributed by atoms with Gasteiger partial charge in [-0.05, 0) is 49.1 Å². The molecule has 0 atom stereocenters. The summed E-state index contributed by atoms with van der Waals surface area (Å²) in [5.74, 6) is 2.23. The predicted molar refractivity (Wildman–Crippen MR) is 103 cm³/mol. The number of methoxy groups -OCH3 is 1. The number of aromatic nitrogens is 1. The molecule has 0 fully saturated rings. The van der Waals surface area contributed by atoms with Crippen LogP contribution in [0.15, 0.2) is 46.2 Å². The molecule has 0 unspecified atom stereocenters. The molecule has 1 aromatic carbocycles. The van der Waals surface area contributed by atoms with Crippen molar-refractivity contribution in [3.05, 3.63) is 58.1 Å². The van der Waals surface area contributed by atoms with Gasteiger partial charge in [-0.15, -0.1) is 11.3 Å². The second-order valence-electron chi connectivity index (χ2n) is 5.93. The van der Waals surface area contributed by atoms with Gasteiger partial charge in [0.1, 0.15) is 11.5 Å². The molecular weight excluding hydrogens is 348 g/mol. The second kappa shape index (κ2) is 8.67. The molecular formula is C20H22N2O3S. The van der Waals surface area contributed by atoms with Gasteiger partial charge >= 0.3 is 0 Å². The van der Waals surface area contributed by atoms with Crippen LogP contribution in [0.5, 0.6) is 5.75 Å². The van der Waals surface area contributed by atoms with Crippen LogP contribution in [0.25, 0.3) is 11.5 Å². The first-order valence-electron chi connectivity index (χ1n) is 8.55. The van der Waals surface area contributed by atoms with Crippen molar-refractivity contribution in [2.75, 3.05) is 13.7 Å². The van der Waals surface area contributed by atoms with Gasteiger partial charge in [-0.1, -0.05) is 6.07 Å². The van der Waals surface area contributed by atoms with Crippen LogP contribution >= 0.6 is 11.3 Å². The normalized spacial score (nSPS) is 10.7. The maximum absolute atomic E-state index is 11.9. The number of carbonyl (C=O) groups excluding carboxylic acids is 1. The zero-order valence-electron chi connectivity index (χ0n) is 15.0. The summed E-state index contributed by atoms with van der Waals surface area (Å²) in [5, 5.41) is 4.98. The lowest BCUT2D eigenvalue weighted by atomic mass is 10.2. The average Bonchev–Trinajstić information content (AvgIpc) is 3.30. The third-order valence-electron chi connectivity index (χ3n) is 4.09. The van der Waals surface area contributed by atoms with Gasteiger partial charge in [0.05, 0.1) is 12.8 Å². The highest BCUT2D eigenvalue weighted by atomic mass is 32.1. The number of nitrogens with one attached hydrogen (secondary N) is 1. The molecule has 0 radical (unpaired) electrons. The minimum atomic E-state index is 0.0647. The first-order chi connectivity index (χ1) is 12.7. The molecule has 0 saturated carbocycles. The number of oxazole rings is 1. The van der Waals surface area contributed by atoms with Crippen LogP contribution in [0.4, 0.5) is 0 Å². The fourth-order valence-electron chi connectivity index (χ4n) is 2.62. The molecule has 0 saturated heterocycles. The number of hydrogen-bond donors (Lipinski definition) is 1. The van der Waals surface area contributed by atoms with Gasteiger partial charge in [0, 0.05) is 29.8 Å². The highest BCUT2D eigenvalue weighted by Gasteiger charge is 2.12. The smallest absolute Gasteiger partial charge is 0.226 e. The number of hydrogen-bond acceptors (Lipinski definition) is 5. The molecule has 136 valence electrons. The summed E-state index contributed by atoms with van der Waals surface area (Å²) in [6.45, 7) is 2.45. The van der Waals surface area contributed by atoms with Gasteiger partial charge < -0.3 is 14.5 Å². The van der Waals surface area contributed by atoms with E-state index in [2.05, 4.69) is 16.4 Å². The molecule has 0 aliphatic carbocycles. The van der Waals surface area contributed by atoms with Crippen LogP contribution in [-0.2, 0) is 17.6 Å². The lowest BCUT2D eigenvalue weighted by Crippen LogP contribution is -2.26. The van der Waals surface area contributed by atoms with Crippen LogP contribution in [0.2, 0.25) is 0 Å². The first kappa shape index (κ1) is 18.2. The van der Waals surface area contributed by atoms with Gasteiger partial charge in [-0.3, -0.25) is 4.79 Å². The van der Waals surface area contributed by atoms with Crippen molar-refractivity contribution < 1.29 is 13.9 Å². The number of carbonyl (C=O) groups is 1. The van der Waals surface area contributed by atoms with Gasteiger partial charge in [0.2, 0.25) is 11.8 Å². The Morgan fingerprint density at radius 1 is 1.23 bits per heavy atom. The van der Waals surface area contributed by atoms with E-state index in [-0.39, 0.29) is 5.91 Å². The quantitative estimate of drug-likeness (QED) is 0.651. The molecule has 6 heteroatoms. The van der Waals surface area contributed by atoms with Crippen molar-refractivity contribution in [1.29, 1.82) is 0 Å². The van der Waals surface area contributed by atoms with E-state index in [0.717, 1.165) is 29.2 Å². The van der Waals surface area contributed by atoms with E-state index in [9.17, 15) is 4.79 Å². The lowest BCUT2D eigenvalue weighted by molar-refractivity contribution is -0.121. The van der Waals surface area contributed by atoms with E-state index in [1.807, 2.05) is 42.6 Å². The molecule has 3 rings (SSSR count). The number of thiophene rings is 1. The van der Waals surface area contributed by atoms with Crippen LogP contribution in [0.1, 0.15) is 22.8 Å². The van der Waals surface area contributed by atoms with Crippen molar-refractivity contribution in [2.24, 2.45) is 0 Å². The van der Waals surface area contributed by atoms with E-state index in [1.54, 1.807) is 18.4 Å². The van der Waals surface area contributed by atoms with Crippen LogP contribution < -0.4 is 10.1 Å². The summed E-state index contributed by atoms with van der Waals surface area (Å²) in [6.07, 6.45) is 1.94. The van der Waals surface area contributed by atoms with E-state index in [1.165, 1.54) is 4.88 Å². The monoisotopic (exact) mass is 370 g/mol. The summed E-state index contributed by atoms with van der Waals surface area (Å²) in [4.78, 5) is 17.7. The Kier molecular flexibility index (Phi) is 6.07. The summed E-state index contributed by atoms with van der Waals surface area (Å²) in [6, 6.07) is 11.6. The minimum absolute atomic E-state index is 0.0647. The minimum Gasteiger partial charge on any atom is -0.497 e. The highest BCUT2D eigenvalue weighted by Crippen LogP contribution is 2.24. The van der Waals surface area contributed by atoms with Crippen molar-refractivity contribution >= 4 is 17.2 Å². The third-order valence-corrected chi connectivity index (χ3v) is 5.03. The van der Waals surface area contributed by atoms with Crippen molar-refractivity contribution in [1.82, 2.24) is 10.3 Å². The Hall–Kier alpha value is -2.60. The number of amides is 1. The third kappa shape index (κ3) is 4.73. The second-order valence-corrected chi connectivity index (χ2v) is 6.96. The maximum Gasteiger partial charge on any atom is 0.226 e. The standard InChI is InChI=1S/C20H22N2O3S/c1-14-18(11-12-21-19(23)10-9-17-4-3-13-26-17)22-20(25-14)15-5-7-16(24-2)8-6-15/h3-8,13H,9-12H2,1-2H3,(H,21,23). The van der Waals surface area contributed by atoms with Crippen LogP contribution in [0.3, 0.4) is 0 Å². The van der Waals surface area contributed by atoms with Gasteiger partial charge in [-0.2, -0.15) is 0 Å². The number of benzene rings is 1. The van der Waals surface area contributed by atoms with Crippen LogP contribution in [0, 0.1) is 6.92 Å². The largest absolute Gasteiger partial charge is 0.497 e. The van der Waals surface area contributed by atoms with Crippen molar-refractivity contribution in [3.63, 3.8) is 0 Å². The lowest BCUT2D eigenvalue weighted by Gasteiger charge is -2.03. The fourth-order valence-corrected chi connectivity index (χ4v) is 3.33. The molecule has 1 amide bonds. The molecule has 0 bridgehead atoms. The fraction of sp³-hybridized carbons (Fsp3) is 0.300. The van der Waals surface area contributed by atoms with E-state index in [4.69, 9.17) is 9.15 Å².